The Morgan fingerprint density at radius 3 is 2.56 bits per heavy atom. The molecule has 1 aliphatic carbocycles. The molecule has 1 saturated heterocycles. The Hall–Kier alpha value is -2.20. The highest BCUT2D eigenvalue weighted by molar-refractivity contribution is 7.93. The number of aromatic nitrogens is 2. The third kappa shape index (κ3) is 4.34. The summed E-state index contributed by atoms with van der Waals surface area (Å²) in [4.78, 5) is 13.2. The quantitative estimate of drug-likeness (QED) is 0.701. The number of carbonyl (C=O) groups is 1. The van der Waals surface area contributed by atoms with Crippen LogP contribution in [0.2, 0.25) is 0 Å². The molecule has 2 heterocycles. The summed E-state index contributed by atoms with van der Waals surface area (Å²) in [5.74, 6) is -0.416. The molecule has 0 unspecified atom stereocenters. The lowest BCUT2D eigenvalue weighted by Crippen LogP contribution is -2.64. The number of nitrogens with zero attached hydrogens (tertiary/aromatic N) is 2. The second-order valence-electron chi connectivity index (χ2n) is 9.63. The topological polar surface area (TPSA) is 115 Å². The number of benzene rings is 1. The van der Waals surface area contributed by atoms with Crippen molar-refractivity contribution in [2.75, 3.05) is 17.8 Å². The molecule has 8 nitrogen and oxygen atoms in total. The van der Waals surface area contributed by atoms with E-state index in [4.69, 9.17) is 5.10 Å². The van der Waals surface area contributed by atoms with Crippen molar-refractivity contribution in [1.82, 2.24) is 15.1 Å². The molecule has 2 aliphatic rings. The van der Waals surface area contributed by atoms with Crippen LogP contribution < -0.4 is 5.32 Å². The van der Waals surface area contributed by atoms with E-state index in [1.54, 1.807) is 25.1 Å². The van der Waals surface area contributed by atoms with Gasteiger partial charge in [0.1, 0.15) is 0 Å². The van der Waals surface area contributed by atoms with E-state index in [-0.39, 0.29) is 34.3 Å². The first-order valence-electron chi connectivity index (χ1n) is 10.7. The highest BCUT2D eigenvalue weighted by Crippen LogP contribution is 2.36. The summed E-state index contributed by atoms with van der Waals surface area (Å²) in [5, 5.41) is 7.76. The summed E-state index contributed by atoms with van der Waals surface area (Å²) < 4.78 is 49.1. The Bertz CT molecular complexity index is 1280. The van der Waals surface area contributed by atoms with Crippen molar-refractivity contribution in [2.45, 2.75) is 56.5 Å². The van der Waals surface area contributed by atoms with Gasteiger partial charge in [0.25, 0.3) is 0 Å². The maximum atomic E-state index is 12.9. The number of amides is 1. The highest BCUT2D eigenvalue weighted by atomic mass is 32.2. The van der Waals surface area contributed by atoms with E-state index in [0.29, 0.717) is 19.3 Å². The SMILES string of the molecule is CC(C)n1nc(-c2cccc(S(C)(=O)=O)c2)c2c1C[C@H](C(=O)NC1(C)CS(=O)(=O)C1)CC2. The predicted molar refractivity (Wildman–Crippen MR) is 122 cm³/mol. The molecule has 1 aromatic carbocycles. The first-order chi connectivity index (χ1) is 14.8. The van der Waals surface area contributed by atoms with Crippen LogP contribution in [0, 0.1) is 5.92 Å². The summed E-state index contributed by atoms with van der Waals surface area (Å²) >= 11 is 0. The Labute approximate surface area is 189 Å². The molecule has 1 aromatic heterocycles. The average Bonchev–Trinajstić information content (AvgIpc) is 3.04. The van der Waals surface area contributed by atoms with Crippen LogP contribution in [-0.2, 0) is 37.3 Å². The number of nitrogens with one attached hydrogen (secondary N) is 1. The highest BCUT2D eigenvalue weighted by Gasteiger charge is 2.46. The zero-order valence-electron chi connectivity index (χ0n) is 18.8. The first-order valence-corrected chi connectivity index (χ1v) is 14.4. The van der Waals surface area contributed by atoms with Gasteiger partial charge in [-0.1, -0.05) is 12.1 Å². The van der Waals surface area contributed by atoms with E-state index in [2.05, 4.69) is 5.32 Å². The van der Waals surface area contributed by atoms with Crippen molar-refractivity contribution in [2.24, 2.45) is 5.92 Å². The summed E-state index contributed by atoms with van der Waals surface area (Å²) in [6.07, 6.45) is 2.98. The number of hydrogen-bond donors (Lipinski definition) is 1. The molecule has 2 aromatic rings. The molecule has 0 spiro atoms. The van der Waals surface area contributed by atoms with Crippen molar-refractivity contribution in [3.63, 3.8) is 0 Å². The number of fused-ring (bicyclic) bond motifs is 1. The zero-order valence-corrected chi connectivity index (χ0v) is 20.4. The second kappa shape index (κ2) is 7.69. The van der Waals surface area contributed by atoms with E-state index in [1.807, 2.05) is 24.6 Å². The fourth-order valence-corrected chi connectivity index (χ4v) is 7.46. The predicted octanol–water partition coefficient (Wildman–Crippen LogP) is 1.94. The molecular weight excluding hydrogens is 450 g/mol. The van der Waals surface area contributed by atoms with Crippen LogP contribution >= 0.6 is 0 Å². The van der Waals surface area contributed by atoms with Gasteiger partial charge >= 0.3 is 0 Å². The van der Waals surface area contributed by atoms with E-state index >= 15 is 0 Å². The van der Waals surface area contributed by atoms with E-state index in [1.165, 1.54) is 6.26 Å². The maximum absolute atomic E-state index is 12.9. The van der Waals surface area contributed by atoms with Gasteiger partial charge in [-0.15, -0.1) is 0 Å². The normalized spacial score (nSPS) is 21.6. The van der Waals surface area contributed by atoms with Gasteiger partial charge in [0.2, 0.25) is 5.91 Å². The summed E-state index contributed by atoms with van der Waals surface area (Å²) in [6, 6.07) is 6.88. The van der Waals surface area contributed by atoms with Crippen LogP contribution in [0.3, 0.4) is 0 Å². The zero-order chi connectivity index (χ0) is 23.5. The molecule has 10 heteroatoms. The van der Waals surface area contributed by atoms with Crippen LogP contribution in [0.5, 0.6) is 0 Å². The molecule has 0 bridgehead atoms. The van der Waals surface area contributed by atoms with Gasteiger partial charge in [0.05, 0.1) is 27.6 Å². The Kier molecular flexibility index (Phi) is 5.52. The molecule has 4 rings (SSSR count). The fraction of sp³-hybridized carbons (Fsp3) is 0.545. The maximum Gasteiger partial charge on any atom is 0.223 e. The smallest absolute Gasteiger partial charge is 0.223 e. The van der Waals surface area contributed by atoms with Crippen molar-refractivity contribution in [3.8, 4) is 11.3 Å². The molecule has 174 valence electrons. The Morgan fingerprint density at radius 2 is 1.97 bits per heavy atom. The molecular formula is C22H29N3O5S2. The summed E-state index contributed by atoms with van der Waals surface area (Å²) in [7, 11) is -6.38. The van der Waals surface area contributed by atoms with Crippen LogP contribution in [0.1, 0.15) is 44.5 Å². The molecule has 1 amide bonds. The molecule has 0 radical (unpaired) electrons. The van der Waals surface area contributed by atoms with Crippen LogP contribution in [-0.4, -0.2) is 55.8 Å². The third-order valence-electron chi connectivity index (χ3n) is 6.20. The molecule has 1 atom stereocenters. The van der Waals surface area contributed by atoms with E-state index < -0.39 is 25.2 Å². The van der Waals surface area contributed by atoms with Crippen LogP contribution in [0.4, 0.5) is 0 Å². The van der Waals surface area contributed by atoms with E-state index in [9.17, 15) is 21.6 Å². The minimum absolute atomic E-state index is 0.0194. The van der Waals surface area contributed by atoms with Gasteiger partial charge in [0, 0.05) is 41.5 Å². The number of rotatable bonds is 5. The average molecular weight is 480 g/mol. The van der Waals surface area contributed by atoms with Gasteiger partial charge in [-0.3, -0.25) is 9.48 Å². The largest absolute Gasteiger partial charge is 0.349 e. The third-order valence-corrected chi connectivity index (χ3v) is 9.46. The minimum atomic E-state index is -3.34. The van der Waals surface area contributed by atoms with Crippen molar-refractivity contribution < 1.29 is 21.6 Å². The fourth-order valence-electron chi connectivity index (χ4n) is 4.79. The van der Waals surface area contributed by atoms with Gasteiger partial charge in [0.15, 0.2) is 19.7 Å². The Balaban J connectivity index is 1.63. The molecule has 32 heavy (non-hydrogen) atoms. The molecule has 1 N–H and O–H groups in total. The number of sulfone groups is 2. The van der Waals surface area contributed by atoms with Gasteiger partial charge < -0.3 is 5.32 Å². The lowest BCUT2D eigenvalue weighted by Gasteiger charge is -2.39. The second-order valence-corrected chi connectivity index (χ2v) is 13.7. The minimum Gasteiger partial charge on any atom is -0.349 e. The van der Waals surface area contributed by atoms with Crippen molar-refractivity contribution in [1.29, 1.82) is 0 Å². The Morgan fingerprint density at radius 1 is 1.28 bits per heavy atom. The van der Waals surface area contributed by atoms with Crippen LogP contribution in [0.15, 0.2) is 29.2 Å². The van der Waals surface area contributed by atoms with Gasteiger partial charge in [-0.25, -0.2) is 16.8 Å². The number of carbonyl (C=O) groups excluding carboxylic acids is 1. The molecule has 0 saturated carbocycles. The summed E-state index contributed by atoms with van der Waals surface area (Å²) in [5.41, 5.74) is 2.85. The summed E-state index contributed by atoms with van der Waals surface area (Å²) in [6.45, 7) is 5.81. The monoisotopic (exact) mass is 479 g/mol. The van der Waals surface area contributed by atoms with Gasteiger partial charge in [-0.2, -0.15) is 5.10 Å². The standard InChI is InChI=1S/C22H29N3O5S2/c1-14(2)25-19-11-16(21(26)23-22(3)12-32(29,30)13-22)8-9-18(19)20(24-25)15-6-5-7-17(10-15)31(4,27)28/h5-7,10,14,16H,8-9,11-13H2,1-4H3,(H,23,26)/t16-/m1/s1. The number of hydrogen-bond acceptors (Lipinski definition) is 6. The lowest BCUT2D eigenvalue weighted by molar-refractivity contribution is -0.126. The van der Waals surface area contributed by atoms with Crippen molar-refractivity contribution in [3.05, 3.63) is 35.5 Å². The van der Waals surface area contributed by atoms with E-state index in [0.717, 1.165) is 22.5 Å². The molecule has 1 aliphatic heterocycles. The van der Waals surface area contributed by atoms with Crippen molar-refractivity contribution >= 4 is 25.6 Å². The molecule has 1 fully saturated rings. The van der Waals surface area contributed by atoms with Gasteiger partial charge in [-0.05, 0) is 45.7 Å². The van der Waals surface area contributed by atoms with Crippen LogP contribution in [0.25, 0.3) is 11.3 Å². The first kappa shape index (κ1) is 23.0. The lowest BCUT2D eigenvalue weighted by atomic mass is 9.84.